The summed E-state index contributed by atoms with van der Waals surface area (Å²) in [6, 6.07) is 33.6. The molecule has 0 aliphatic rings. The summed E-state index contributed by atoms with van der Waals surface area (Å²) < 4.78 is 11.2. The minimum atomic E-state index is 0.841. The van der Waals surface area contributed by atoms with E-state index in [1.54, 1.807) is 14.2 Å². The predicted octanol–water partition coefficient (Wildman–Crippen LogP) is 6.63. The van der Waals surface area contributed by atoms with E-state index in [-0.39, 0.29) is 0 Å². The summed E-state index contributed by atoms with van der Waals surface area (Å²) in [5.74, 6) is 1.78. The molecule has 2 heteroatoms. The first-order valence-electron chi connectivity index (χ1n) is 9.73. The number of hydrogen-bond donors (Lipinski definition) is 0. The fraction of sp³-hybridized carbons (Fsp3) is 0.111. The molecule has 4 aromatic rings. The summed E-state index contributed by atoms with van der Waals surface area (Å²) in [6.45, 7) is 0. The molecule has 0 aromatic heterocycles. The molecule has 0 heterocycles. The lowest BCUT2D eigenvalue weighted by molar-refractivity contribution is 0.416. The molecule has 4 aromatic carbocycles. The van der Waals surface area contributed by atoms with Crippen molar-refractivity contribution in [2.75, 3.05) is 14.2 Å². The largest absolute Gasteiger partial charge is 0.496 e. The molecular weight excluding hydrogens is 356 g/mol. The number of methoxy groups -OCH3 is 2. The van der Waals surface area contributed by atoms with E-state index in [4.69, 9.17) is 9.47 Å². The first-order valence-corrected chi connectivity index (χ1v) is 9.73. The fourth-order valence-corrected chi connectivity index (χ4v) is 3.65. The summed E-state index contributed by atoms with van der Waals surface area (Å²) in [4.78, 5) is 0. The van der Waals surface area contributed by atoms with Crippen molar-refractivity contribution >= 4 is 0 Å². The van der Waals surface area contributed by atoms with E-state index in [1.807, 2.05) is 12.1 Å². The summed E-state index contributed by atoms with van der Waals surface area (Å²) >= 11 is 0. The van der Waals surface area contributed by atoms with Gasteiger partial charge in [-0.05, 0) is 52.9 Å². The fourth-order valence-electron chi connectivity index (χ4n) is 3.65. The highest BCUT2D eigenvalue weighted by molar-refractivity contribution is 5.73. The topological polar surface area (TPSA) is 18.5 Å². The van der Waals surface area contributed by atoms with E-state index in [0.29, 0.717) is 0 Å². The zero-order chi connectivity index (χ0) is 20.1. The minimum absolute atomic E-state index is 0.841. The van der Waals surface area contributed by atoms with Gasteiger partial charge in [0.15, 0.2) is 0 Å². The standard InChI is InChI=1S/C27H24O2/c1-28-26-15-13-20(18-24(26)22-9-5-3-6-10-22)17-21-14-16-27(29-2)25(19-21)23-11-7-4-8-12-23/h3-16,18-19H,17H2,1-2H3. The van der Waals surface area contributed by atoms with Gasteiger partial charge in [0.2, 0.25) is 0 Å². The average Bonchev–Trinajstić information content (AvgIpc) is 2.80. The highest BCUT2D eigenvalue weighted by Gasteiger charge is 2.10. The SMILES string of the molecule is COc1ccc(Cc2ccc(OC)c(-c3ccccc3)c2)cc1-c1ccccc1. The third-order valence-electron chi connectivity index (χ3n) is 5.11. The maximum absolute atomic E-state index is 5.60. The van der Waals surface area contributed by atoms with Gasteiger partial charge in [-0.3, -0.25) is 0 Å². The van der Waals surface area contributed by atoms with Crippen LogP contribution in [-0.4, -0.2) is 14.2 Å². The van der Waals surface area contributed by atoms with Crippen molar-refractivity contribution in [2.45, 2.75) is 6.42 Å². The lowest BCUT2D eigenvalue weighted by Gasteiger charge is -2.13. The van der Waals surface area contributed by atoms with Crippen LogP contribution in [0.4, 0.5) is 0 Å². The van der Waals surface area contributed by atoms with Crippen molar-refractivity contribution in [1.82, 2.24) is 0 Å². The molecule has 2 nitrogen and oxygen atoms in total. The molecule has 0 aliphatic heterocycles. The van der Waals surface area contributed by atoms with E-state index in [1.165, 1.54) is 11.1 Å². The normalized spacial score (nSPS) is 10.6. The Hall–Kier alpha value is -3.52. The Bertz CT molecular complexity index is 997. The Balaban J connectivity index is 1.70. The van der Waals surface area contributed by atoms with E-state index >= 15 is 0 Å². The predicted molar refractivity (Wildman–Crippen MR) is 120 cm³/mol. The van der Waals surface area contributed by atoms with Gasteiger partial charge in [0.05, 0.1) is 14.2 Å². The van der Waals surface area contributed by atoms with Gasteiger partial charge in [0.25, 0.3) is 0 Å². The van der Waals surface area contributed by atoms with Crippen LogP contribution < -0.4 is 9.47 Å². The van der Waals surface area contributed by atoms with Gasteiger partial charge in [-0.1, -0.05) is 72.8 Å². The smallest absolute Gasteiger partial charge is 0.126 e. The van der Waals surface area contributed by atoms with E-state index in [0.717, 1.165) is 40.2 Å². The zero-order valence-corrected chi connectivity index (χ0v) is 16.8. The molecule has 0 atom stereocenters. The summed E-state index contributed by atoms with van der Waals surface area (Å²) in [5, 5.41) is 0. The van der Waals surface area contributed by atoms with Crippen molar-refractivity contribution in [1.29, 1.82) is 0 Å². The van der Waals surface area contributed by atoms with Crippen molar-refractivity contribution in [2.24, 2.45) is 0 Å². The van der Waals surface area contributed by atoms with Crippen molar-refractivity contribution in [3.8, 4) is 33.8 Å². The molecule has 0 spiro atoms. The van der Waals surface area contributed by atoms with Crippen LogP contribution in [0.1, 0.15) is 11.1 Å². The van der Waals surface area contributed by atoms with Crippen LogP contribution >= 0.6 is 0 Å². The number of hydrogen-bond acceptors (Lipinski definition) is 2. The minimum Gasteiger partial charge on any atom is -0.496 e. The zero-order valence-electron chi connectivity index (χ0n) is 16.8. The maximum Gasteiger partial charge on any atom is 0.126 e. The van der Waals surface area contributed by atoms with Crippen LogP contribution in [0.3, 0.4) is 0 Å². The first-order chi connectivity index (χ1) is 14.3. The first kappa shape index (κ1) is 18.8. The molecule has 0 saturated heterocycles. The van der Waals surface area contributed by atoms with Gasteiger partial charge in [-0.25, -0.2) is 0 Å². The second-order valence-corrected chi connectivity index (χ2v) is 6.98. The Morgan fingerprint density at radius 2 is 0.931 bits per heavy atom. The van der Waals surface area contributed by atoms with Crippen molar-refractivity contribution < 1.29 is 9.47 Å². The molecule has 0 aliphatic carbocycles. The van der Waals surface area contributed by atoms with Crippen molar-refractivity contribution in [3.63, 3.8) is 0 Å². The van der Waals surface area contributed by atoms with Crippen LogP contribution in [0.25, 0.3) is 22.3 Å². The third-order valence-corrected chi connectivity index (χ3v) is 5.11. The van der Waals surface area contributed by atoms with Crippen LogP contribution in [0.2, 0.25) is 0 Å². The second-order valence-electron chi connectivity index (χ2n) is 6.98. The highest BCUT2D eigenvalue weighted by Crippen LogP contribution is 2.34. The Morgan fingerprint density at radius 1 is 0.517 bits per heavy atom. The second kappa shape index (κ2) is 8.66. The maximum atomic E-state index is 5.60. The van der Waals surface area contributed by atoms with Gasteiger partial charge in [-0.15, -0.1) is 0 Å². The molecule has 0 N–H and O–H groups in total. The summed E-state index contributed by atoms with van der Waals surface area (Å²) in [7, 11) is 3.44. The van der Waals surface area contributed by atoms with Gasteiger partial charge in [-0.2, -0.15) is 0 Å². The lowest BCUT2D eigenvalue weighted by atomic mass is 9.96. The van der Waals surface area contributed by atoms with Gasteiger partial charge < -0.3 is 9.47 Å². The van der Waals surface area contributed by atoms with Gasteiger partial charge in [0, 0.05) is 11.1 Å². The molecule has 0 radical (unpaired) electrons. The van der Waals surface area contributed by atoms with Crippen molar-refractivity contribution in [3.05, 3.63) is 108 Å². The molecule has 0 amide bonds. The van der Waals surface area contributed by atoms with Crippen LogP contribution in [0.5, 0.6) is 11.5 Å². The highest BCUT2D eigenvalue weighted by atomic mass is 16.5. The van der Waals surface area contributed by atoms with Crippen LogP contribution in [-0.2, 0) is 6.42 Å². The van der Waals surface area contributed by atoms with Crippen LogP contribution in [0, 0.1) is 0 Å². The molecular formula is C27H24O2. The average molecular weight is 380 g/mol. The number of rotatable bonds is 6. The Labute approximate surface area is 172 Å². The van der Waals surface area contributed by atoms with E-state index in [2.05, 4.69) is 84.9 Å². The van der Waals surface area contributed by atoms with Gasteiger partial charge in [0.1, 0.15) is 11.5 Å². The summed E-state index contributed by atoms with van der Waals surface area (Å²) in [5.41, 5.74) is 7.03. The monoisotopic (exact) mass is 380 g/mol. The van der Waals surface area contributed by atoms with E-state index < -0.39 is 0 Å². The molecule has 144 valence electrons. The lowest BCUT2D eigenvalue weighted by Crippen LogP contribution is -1.95. The Morgan fingerprint density at radius 3 is 1.31 bits per heavy atom. The number of ether oxygens (including phenoxy) is 2. The molecule has 29 heavy (non-hydrogen) atoms. The van der Waals surface area contributed by atoms with E-state index in [9.17, 15) is 0 Å². The quantitative estimate of drug-likeness (QED) is 0.374. The Kier molecular flexibility index (Phi) is 5.62. The molecule has 0 fully saturated rings. The molecule has 4 rings (SSSR count). The third kappa shape index (κ3) is 4.17. The summed E-state index contributed by atoms with van der Waals surface area (Å²) in [6.07, 6.45) is 0.841. The molecule has 0 saturated carbocycles. The molecule has 0 unspecified atom stereocenters. The molecule has 0 bridgehead atoms. The number of benzene rings is 4. The van der Waals surface area contributed by atoms with Crippen LogP contribution in [0.15, 0.2) is 97.1 Å². The van der Waals surface area contributed by atoms with Gasteiger partial charge >= 0.3 is 0 Å².